The maximum atomic E-state index is 10.8. The third kappa shape index (κ3) is 6.13. The highest BCUT2D eigenvalue weighted by molar-refractivity contribution is 7.99. The molecular weight excluding hydrogens is 496 g/mol. The van der Waals surface area contributed by atoms with E-state index in [0.717, 1.165) is 28.9 Å². The Kier molecular flexibility index (Phi) is 7.55. The summed E-state index contributed by atoms with van der Waals surface area (Å²) in [5.41, 5.74) is 3.08. The van der Waals surface area contributed by atoms with Crippen molar-refractivity contribution in [3.63, 3.8) is 0 Å². The summed E-state index contributed by atoms with van der Waals surface area (Å²) in [5.74, 6) is -0.802. The summed E-state index contributed by atoms with van der Waals surface area (Å²) in [4.78, 5) is 10.8. The van der Waals surface area contributed by atoms with E-state index in [1.54, 1.807) is 0 Å². The van der Waals surface area contributed by atoms with Gasteiger partial charge < -0.3 is 33.5 Å². The topological polar surface area (TPSA) is 92.7 Å². The van der Waals surface area contributed by atoms with Gasteiger partial charge in [0.1, 0.15) is 24.1 Å². The van der Waals surface area contributed by atoms with Gasteiger partial charge in [0.05, 0.1) is 12.4 Å². The zero-order valence-corrected chi connectivity index (χ0v) is 22.4. The maximum absolute atomic E-state index is 10.8. The number of para-hydroxylation sites is 1. The molecule has 9 heteroatoms. The number of fused-ring (bicyclic) bond motifs is 3. The van der Waals surface area contributed by atoms with Crippen molar-refractivity contribution in [2.45, 2.75) is 76.4 Å². The molecule has 2 aromatic carbocycles. The van der Waals surface area contributed by atoms with Crippen LogP contribution in [0.4, 0.5) is 0 Å². The summed E-state index contributed by atoms with van der Waals surface area (Å²) in [6, 6.07) is 16.1. The first-order chi connectivity index (χ1) is 17.6. The number of carboxylic acid groups (broad SMARTS) is 1. The van der Waals surface area contributed by atoms with Crippen LogP contribution >= 0.6 is 11.8 Å². The molecule has 5 atom stereocenters. The molecule has 3 fully saturated rings. The van der Waals surface area contributed by atoms with Crippen LogP contribution in [0.25, 0.3) is 11.1 Å². The Bertz CT molecular complexity index is 1120. The summed E-state index contributed by atoms with van der Waals surface area (Å²) in [7, 11) is 0. The number of carbonyl (C=O) groups is 1. The number of benzene rings is 2. The summed E-state index contributed by atoms with van der Waals surface area (Å²) >= 11 is 1.41. The molecular formula is C28H34O8S. The van der Waals surface area contributed by atoms with E-state index in [2.05, 4.69) is 12.1 Å². The van der Waals surface area contributed by atoms with Crippen LogP contribution in [0.2, 0.25) is 0 Å². The lowest BCUT2D eigenvalue weighted by atomic mass is 9.97. The second-order valence-electron chi connectivity index (χ2n) is 10.4. The Balaban J connectivity index is 1.36. The van der Waals surface area contributed by atoms with Gasteiger partial charge in [0.2, 0.25) is 6.29 Å². The molecule has 8 nitrogen and oxygen atoms in total. The van der Waals surface area contributed by atoms with Gasteiger partial charge in [0.25, 0.3) is 0 Å². The molecule has 5 rings (SSSR count). The third-order valence-corrected chi connectivity index (χ3v) is 7.52. The van der Waals surface area contributed by atoms with Crippen LogP contribution in [0.15, 0.2) is 48.5 Å². The van der Waals surface area contributed by atoms with E-state index in [0.29, 0.717) is 12.4 Å². The van der Waals surface area contributed by atoms with Crippen LogP contribution in [0, 0.1) is 0 Å². The normalized spacial score (nSPS) is 29.8. The van der Waals surface area contributed by atoms with E-state index in [4.69, 9.17) is 33.5 Å². The van der Waals surface area contributed by atoms with Crippen molar-refractivity contribution in [1.29, 1.82) is 0 Å². The lowest BCUT2D eigenvalue weighted by Crippen LogP contribution is -2.64. The van der Waals surface area contributed by atoms with Gasteiger partial charge in [-0.2, -0.15) is 0 Å². The number of aliphatic carboxylic acids is 1. The Morgan fingerprint density at radius 3 is 2.57 bits per heavy atom. The van der Waals surface area contributed by atoms with Crippen molar-refractivity contribution in [3.8, 4) is 16.9 Å². The van der Waals surface area contributed by atoms with Crippen LogP contribution in [0.5, 0.6) is 5.75 Å². The highest BCUT2D eigenvalue weighted by atomic mass is 32.2. The molecule has 3 aliphatic heterocycles. The third-order valence-electron chi connectivity index (χ3n) is 6.57. The van der Waals surface area contributed by atoms with Crippen molar-refractivity contribution >= 4 is 17.7 Å². The van der Waals surface area contributed by atoms with Crippen molar-refractivity contribution in [3.05, 3.63) is 54.1 Å². The quantitative estimate of drug-likeness (QED) is 0.496. The fourth-order valence-corrected chi connectivity index (χ4v) is 5.71. The number of ether oxygens (including phenoxy) is 6. The zero-order chi connectivity index (χ0) is 26.2. The summed E-state index contributed by atoms with van der Waals surface area (Å²) < 4.78 is 37.5. The molecule has 0 spiro atoms. The Hall–Kier alpha value is -2.14. The molecule has 0 unspecified atom stereocenters. The number of thioether (sulfide) groups is 1. The van der Waals surface area contributed by atoms with Gasteiger partial charge in [0.15, 0.2) is 17.7 Å². The van der Waals surface area contributed by atoms with Gasteiger partial charge in [-0.25, -0.2) is 0 Å². The molecule has 0 aliphatic carbocycles. The van der Waals surface area contributed by atoms with E-state index in [-0.39, 0.29) is 24.1 Å². The molecule has 0 aromatic heterocycles. The van der Waals surface area contributed by atoms with Gasteiger partial charge in [-0.05, 0) is 57.1 Å². The average molecular weight is 531 g/mol. The van der Waals surface area contributed by atoms with Crippen LogP contribution < -0.4 is 4.74 Å². The van der Waals surface area contributed by atoms with E-state index < -0.39 is 29.9 Å². The van der Waals surface area contributed by atoms with Crippen LogP contribution in [-0.2, 0) is 34.9 Å². The van der Waals surface area contributed by atoms with Crippen LogP contribution in [0.3, 0.4) is 0 Å². The predicted molar refractivity (Wildman–Crippen MR) is 139 cm³/mol. The molecule has 3 saturated heterocycles. The van der Waals surface area contributed by atoms with E-state index in [9.17, 15) is 4.79 Å². The second-order valence-corrected chi connectivity index (χ2v) is 11.5. The first-order valence-corrected chi connectivity index (χ1v) is 13.7. The summed E-state index contributed by atoms with van der Waals surface area (Å²) in [5, 5.41) is 8.87. The summed E-state index contributed by atoms with van der Waals surface area (Å²) in [6.07, 6.45) is -1.45. The van der Waals surface area contributed by atoms with Gasteiger partial charge in [-0.15, -0.1) is 11.8 Å². The SMILES string of the molecule is CC1(C)O[C@@H]2[C@H](O1)[C@@H](Oc1ccccc1-c1cccc(CCSCC(=O)O)c1)O[C@@H]1COC(C)(C)O[C@@H]21. The molecule has 0 bridgehead atoms. The van der Waals surface area contributed by atoms with Crippen LogP contribution in [0.1, 0.15) is 33.3 Å². The van der Waals surface area contributed by atoms with E-state index in [1.807, 2.05) is 64.1 Å². The Labute approximate surface area is 221 Å². The number of rotatable bonds is 8. The number of aryl methyl sites for hydroxylation is 1. The molecule has 200 valence electrons. The number of carboxylic acids is 1. The average Bonchev–Trinajstić information content (AvgIpc) is 3.18. The van der Waals surface area contributed by atoms with Crippen molar-refractivity contribution in [2.24, 2.45) is 0 Å². The predicted octanol–water partition coefficient (Wildman–Crippen LogP) is 4.49. The minimum Gasteiger partial charge on any atom is -0.481 e. The Morgan fingerprint density at radius 2 is 1.76 bits per heavy atom. The van der Waals surface area contributed by atoms with Crippen molar-refractivity contribution in [1.82, 2.24) is 0 Å². The first kappa shape index (κ1) is 26.5. The molecule has 3 heterocycles. The molecule has 0 saturated carbocycles. The number of hydrogen-bond donors (Lipinski definition) is 1. The molecule has 0 radical (unpaired) electrons. The fraction of sp³-hybridized carbons (Fsp3) is 0.536. The van der Waals surface area contributed by atoms with Crippen molar-refractivity contribution < 1.29 is 38.3 Å². The smallest absolute Gasteiger partial charge is 0.313 e. The monoisotopic (exact) mass is 530 g/mol. The molecule has 2 aromatic rings. The zero-order valence-electron chi connectivity index (χ0n) is 21.5. The van der Waals surface area contributed by atoms with E-state index in [1.165, 1.54) is 11.8 Å². The standard InChI is InChI=1S/C28H34O8S/c1-27(2)31-15-21-23(34-27)24-25(36-28(3,4)35-24)26(33-21)32-20-11-6-5-10-19(20)18-9-7-8-17(14-18)12-13-37-16-22(29)30/h5-11,14,21,23-26H,12-13,15-16H2,1-4H3,(H,29,30)/t21-,23-,24+,25+,26+/m1/s1. The molecule has 3 aliphatic rings. The van der Waals surface area contributed by atoms with E-state index >= 15 is 0 Å². The molecule has 1 N–H and O–H groups in total. The van der Waals surface area contributed by atoms with Gasteiger partial charge >= 0.3 is 5.97 Å². The maximum Gasteiger partial charge on any atom is 0.313 e. The Morgan fingerprint density at radius 1 is 1.00 bits per heavy atom. The molecule has 37 heavy (non-hydrogen) atoms. The lowest BCUT2D eigenvalue weighted by molar-refractivity contribution is -0.362. The minimum absolute atomic E-state index is 0.109. The minimum atomic E-state index is -0.798. The van der Waals surface area contributed by atoms with Crippen LogP contribution in [-0.4, -0.2) is 71.5 Å². The second kappa shape index (κ2) is 10.6. The van der Waals surface area contributed by atoms with Gasteiger partial charge in [0, 0.05) is 5.56 Å². The van der Waals surface area contributed by atoms with Crippen molar-refractivity contribution in [2.75, 3.05) is 18.1 Å². The fourth-order valence-electron chi connectivity index (χ4n) is 5.01. The summed E-state index contributed by atoms with van der Waals surface area (Å²) in [6.45, 7) is 7.91. The lowest BCUT2D eigenvalue weighted by Gasteiger charge is -2.48. The van der Waals surface area contributed by atoms with Gasteiger partial charge in [-0.3, -0.25) is 4.79 Å². The first-order valence-electron chi connectivity index (χ1n) is 12.6. The highest BCUT2D eigenvalue weighted by Gasteiger charge is 2.59. The van der Waals surface area contributed by atoms with Gasteiger partial charge in [-0.1, -0.05) is 42.5 Å². The molecule has 0 amide bonds. The number of hydrogen-bond acceptors (Lipinski definition) is 8. The highest BCUT2D eigenvalue weighted by Crippen LogP contribution is 2.43. The largest absolute Gasteiger partial charge is 0.481 e.